The van der Waals surface area contributed by atoms with E-state index in [4.69, 9.17) is 5.10 Å². The Kier molecular flexibility index (Phi) is 4.98. The van der Waals surface area contributed by atoms with Crippen LogP contribution in [0.5, 0.6) is 0 Å². The molecule has 0 saturated carbocycles. The van der Waals surface area contributed by atoms with E-state index in [-0.39, 0.29) is 11.0 Å². The number of carboxylic acid groups (broad SMARTS) is 1. The highest BCUT2D eigenvalue weighted by Gasteiger charge is 2.22. The van der Waals surface area contributed by atoms with Gasteiger partial charge in [-0.05, 0) is 50.1 Å². The van der Waals surface area contributed by atoms with Gasteiger partial charge >= 0.3 is 5.97 Å². The number of carboxylic acids is 1. The van der Waals surface area contributed by atoms with E-state index in [2.05, 4.69) is 49.3 Å². The maximum atomic E-state index is 11.6. The standard InChI is InChI=1S/C22H26N4O2/c1-13-7-8-14(2)17(11-13)26-19(12-18(25-26)22(4,5)6)24-20-16(21(27)28)10-9-15(3)23-20/h7-12H,1-6H3,(H,23,24)(H,27,28). The van der Waals surface area contributed by atoms with Crippen molar-refractivity contribution in [2.75, 3.05) is 5.32 Å². The predicted octanol–water partition coefficient (Wildman–Crippen LogP) is 4.93. The summed E-state index contributed by atoms with van der Waals surface area (Å²) < 4.78 is 1.83. The van der Waals surface area contributed by atoms with Gasteiger partial charge in [-0.25, -0.2) is 14.5 Å². The van der Waals surface area contributed by atoms with Gasteiger partial charge in [-0.1, -0.05) is 32.9 Å². The lowest BCUT2D eigenvalue weighted by atomic mass is 9.92. The van der Waals surface area contributed by atoms with Crippen LogP contribution < -0.4 is 5.32 Å². The number of anilines is 2. The van der Waals surface area contributed by atoms with E-state index >= 15 is 0 Å². The van der Waals surface area contributed by atoms with Gasteiger partial charge in [-0.3, -0.25) is 0 Å². The fourth-order valence-electron chi connectivity index (χ4n) is 2.91. The molecular formula is C22H26N4O2. The highest BCUT2D eigenvalue weighted by molar-refractivity contribution is 5.93. The van der Waals surface area contributed by atoms with Gasteiger partial charge in [0.1, 0.15) is 17.2 Å². The summed E-state index contributed by atoms with van der Waals surface area (Å²) >= 11 is 0. The third-order valence-electron chi connectivity index (χ3n) is 4.58. The van der Waals surface area contributed by atoms with E-state index in [0.717, 1.165) is 28.2 Å². The van der Waals surface area contributed by atoms with Crippen LogP contribution in [-0.4, -0.2) is 25.8 Å². The summed E-state index contributed by atoms with van der Waals surface area (Å²) in [7, 11) is 0. The summed E-state index contributed by atoms with van der Waals surface area (Å²) in [5, 5.41) is 17.6. The fourth-order valence-corrected chi connectivity index (χ4v) is 2.91. The van der Waals surface area contributed by atoms with Gasteiger partial charge in [0.2, 0.25) is 0 Å². The molecule has 0 spiro atoms. The monoisotopic (exact) mass is 378 g/mol. The molecule has 0 aliphatic heterocycles. The summed E-state index contributed by atoms with van der Waals surface area (Å²) in [4.78, 5) is 16.0. The van der Waals surface area contributed by atoms with E-state index < -0.39 is 5.97 Å². The number of aromatic nitrogens is 3. The normalized spacial score (nSPS) is 11.5. The van der Waals surface area contributed by atoms with E-state index in [1.165, 1.54) is 0 Å². The zero-order valence-corrected chi connectivity index (χ0v) is 17.2. The maximum absolute atomic E-state index is 11.6. The molecule has 0 amide bonds. The van der Waals surface area contributed by atoms with Crippen molar-refractivity contribution in [3.05, 3.63) is 64.5 Å². The van der Waals surface area contributed by atoms with Crippen LogP contribution in [0, 0.1) is 20.8 Å². The van der Waals surface area contributed by atoms with Gasteiger partial charge in [0, 0.05) is 17.2 Å². The molecule has 2 N–H and O–H groups in total. The molecule has 0 radical (unpaired) electrons. The Morgan fingerprint density at radius 2 is 1.79 bits per heavy atom. The maximum Gasteiger partial charge on any atom is 0.339 e. The van der Waals surface area contributed by atoms with Crippen molar-refractivity contribution in [2.45, 2.75) is 47.0 Å². The highest BCUT2D eigenvalue weighted by atomic mass is 16.4. The molecule has 28 heavy (non-hydrogen) atoms. The smallest absolute Gasteiger partial charge is 0.339 e. The minimum absolute atomic E-state index is 0.122. The summed E-state index contributed by atoms with van der Waals surface area (Å²) in [6.07, 6.45) is 0. The van der Waals surface area contributed by atoms with Gasteiger partial charge in [-0.2, -0.15) is 5.10 Å². The number of carbonyl (C=O) groups is 1. The molecule has 3 aromatic rings. The van der Waals surface area contributed by atoms with Crippen molar-refractivity contribution in [1.29, 1.82) is 0 Å². The average molecular weight is 378 g/mol. The number of rotatable bonds is 4. The largest absolute Gasteiger partial charge is 0.478 e. The quantitative estimate of drug-likeness (QED) is 0.673. The first-order chi connectivity index (χ1) is 13.1. The molecule has 146 valence electrons. The minimum Gasteiger partial charge on any atom is -0.478 e. The number of benzene rings is 1. The average Bonchev–Trinajstić information content (AvgIpc) is 3.01. The molecule has 0 saturated heterocycles. The topological polar surface area (TPSA) is 80.0 Å². The zero-order chi connectivity index (χ0) is 20.6. The van der Waals surface area contributed by atoms with E-state index in [1.54, 1.807) is 12.1 Å². The second-order valence-electron chi connectivity index (χ2n) is 8.15. The molecule has 0 bridgehead atoms. The van der Waals surface area contributed by atoms with Crippen LogP contribution in [-0.2, 0) is 5.41 Å². The summed E-state index contributed by atoms with van der Waals surface area (Å²) in [5.74, 6) is -0.0394. The minimum atomic E-state index is -1.02. The Hall–Kier alpha value is -3.15. The fraction of sp³-hybridized carbons (Fsp3) is 0.318. The Labute approximate surface area is 165 Å². The van der Waals surface area contributed by atoms with Gasteiger partial charge in [0.05, 0.1) is 11.4 Å². The molecule has 6 nitrogen and oxygen atoms in total. The lowest BCUT2D eigenvalue weighted by Gasteiger charge is -2.15. The summed E-state index contributed by atoms with van der Waals surface area (Å²) in [6, 6.07) is 11.4. The molecule has 0 unspecified atom stereocenters. The number of nitrogens with one attached hydrogen (secondary N) is 1. The number of aromatic carboxylic acids is 1. The van der Waals surface area contributed by atoms with E-state index in [0.29, 0.717) is 11.6 Å². The molecule has 0 fully saturated rings. The SMILES string of the molecule is Cc1ccc(C)c(-n2nc(C(C)(C)C)cc2Nc2nc(C)ccc2C(=O)O)c1. The van der Waals surface area contributed by atoms with Crippen molar-refractivity contribution in [2.24, 2.45) is 0 Å². The van der Waals surface area contributed by atoms with Crippen LogP contribution in [0.1, 0.15) is 53.6 Å². The van der Waals surface area contributed by atoms with E-state index in [9.17, 15) is 9.90 Å². The first-order valence-electron chi connectivity index (χ1n) is 9.22. The number of hydrogen-bond donors (Lipinski definition) is 2. The zero-order valence-electron chi connectivity index (χ0n) is 17.2. The Morgan fingerprint density at radius 3 is 2.43 bits per heavy atom. The number of nitrogens with zero attached hydrogens (tertiary/aromatic N) is 3. The molecule has 0 aliphatic rings. The Morgan fingerprint density at radius 1 is 1.07 bits per heavy atom. The van der Waals surface area contributed by atoms with Gasteiger partial charge in [0.15, 0.2) is 0 Å². The van der Waals surface area contributed by atoms with Crippen LogP contribution in [0.4, 0.5) is 11.6 Å². The highest BCUT2D eigenvalue weighted by Crippen LogP contribution is 2.30. The number of pyridine rings is 1. The molecule has 6 heteroatoms. The van der Waals surface area contributed by atoms with Crippen LogP contribution in [0.15, 0.2) is 36.4 Å². The van der Waals surface area contributed by atoms with Crippen molar-refractivity contribution < 1.29 is 9.90 Å². The predicted molar refractivity (Wildman–Crippen MR) is 111 cm³/mol. The summed E-state index contributed by atoms with van der Waals surface area (Å²) in [5.41, 5.74) is 4.75. The third kappa shape index (κ3) is 3.91. The van der Waals surface area contributed by atoms with Crippen molar-refractivity contribution in [1.82, 2.24) is 14.8 Å². The first kappa shape index (κ1) is 19.6. The van der Waals surface area contributed by atoms with Crippen molar-refractivity contribution in [3.8, 4) is 5.69 Å². The van der Waals surface area contributed by atoms with Crippen LogP contribution in [0.3, 0.4) is 0 Å². The second-order valence-corrected chi connectivity index (χ2v) is 8.15. The third-order valence-corrected chi connectivity index (χ3v) is 4.58. The summed E-state index contributed by atoms with van der Waals surface area (Å²) in [6.45, 7) is 12.2. The first-order valence-corrected chi connectivity index (χ1v) is 9.22. The van der Waals surface area contributed by atoms with Crippen molar-refractivity contribution >= 4 is 17.6 Å². The molecule has 3 rings (SSSR count). The Balaban J connectivity index is 2.19. The number of hydrogen-bond acceptors (Lipinski definition) is 4. The molecular weight excluding hydrogens is 352 g/mol. The van der Waals surface area contributed by atoms with Crippen molar-refractivity contribution in [3.63, 3.8) is 0 Å². The Bertz CT molecular complexity index is 1050. The lowest BCUT2D eigenvalue weighted by Crippen LogP contribution is -2.13. The molecule has 0 atom stereocenters. The number of aryl methyl sites for hydroxylation is 3. The van der Waals surface area contributed by atoms with E-state index in [1.807, 2.05) is 31.5 Å². The van der Waals surface area contributed by atoms with Crippen LogP contribution >= 0.6 is 0 Å². The van der Waals surface area contributed by atoms with Gasteiger partial charge < -0.3 is 10.4 Å². The molecule has 1 aromatic carbocycles. The molecule has 2 aromatic heterocycles. The van der Waals surface area contributed by atoms with Gasteiger partial charge in [-0.15, -0.1) is 0 Å². The lowest BCUT2D eigenvalue weighted by molar-refractivity contribution is 0.0697. The van der Waals surface area contributed by atoms with Crippen LogP contribution in [0.2, 0.25) is 0 Å². The second kappa shape index (κ2) is 7.11. The molecule has 0 aliphatic carbocycles. The molecule has 2 heterocycles. The van der Waals surface area contributed by atoms with Crippen LogP contribution in [0.25, 0.3) is 5.69 Å². The van der Waals surface area contributed by atoms with Gasteiger partial charge in [0.25, 0.3) is 0 Å².